The van der Waals surface area contributed by atoms with Crippen molar-refractivity contribution in [3.63, 3.8) is 0 Å². The molecule has 0 atom stereocenters. The molecule has 1 aromatic carbocycles. The number of rotatable bonds is 4. The van der Waals surface area contributed by atoms with Gasteiger partial charge in [-0.25, -0.2) is 4.79 Å². The molecule has 1 aromatic heterocycles. The van der Waals surface area contributed by atoms with Crippen LogP contribution in [0.25, 0.3) is 10.9 Å². The second-order valence-electron chi connectivity index (χ2n) is 8.38. The van der Waals surface area contributed by atoms with E-state index in [-0.39, 0.29) is 30.4 Å². The highest BCUT2D eigenvalue weighted by Crippen LogP contribution is 2.26. The molecular formula is C23H31N3O2. The Morgan fingerprint density at radius 2 is 1.64 bits per heavy atom. The molecule has 0 bridgehead atoms. The van der Waals surface area contributed by atoms with E-state index in [0.29, 0.717) is 0 Å². The molecule has 150 valence electrons. The lowest BCUT2D eigenvalue weighted by Gasteiger charge is -2.34. The van der Waals surface area contributed by atoms with Crippen LogP contribution >= 0.6 is 0 Å². The molecule has 0 unspecified atom stereocenters. The average molecular weight is 382 g/mol. The second-order valence-corrected chi connectivity index (χ2v) is 8.38. The van der Waals surface area contributed by atoms with Crippen LogP contribution in [-0.4, -0.2) is 33.9 Å². The van der Waals surface area contributed by atoms with Gasteiger partial charge in [0, 0.05) is 29.2 Å². The van der Waals surface area contributed by atoms with Gasteiger partial charge < -0.3 is 10.3 Å². The molecule has 5 nitrogen and oxygen atoms in total. The van der Waals surface area contributed by atoms with Gasteiger partial charge in [-0.15, -0.1) is 0 Å². The second kappa shape index (κ2) is 8.80. The maximum Gasteiger partial charge on any atom is 0.324 e. The quantitative estimate of drug-likeness (QED) is 0.790. The molecule has 2 N–H and O–H groups in total. The summed E-state index contributed by atoms with van der Waals surface area (Å²) in [5, 5.41) is 4.23. The maximum absolute atomic E-state index is 13.3. The Bertz CT molecular complexity index is 816. The van der Waals surface area contributed by atoms with E-state index in [1.165, 1.54) is 12.8 Å². The molecule has 1 heterocycles. The van der Waals surface area contributed by atoms with Gasteiger partial charge in [-0.05, 0) is 37.3 Å². The molecule has 5 heteroatoms. The van der Waals surface area contributed by atoms with Crippen LogP contribution in [0.1, 0.15) is 69.8 Å². The Labute approximate surface area is 166 Å². The number of nitrogens with one attached hydrogen (secondary N) is 2. The lowest BCUT2D eigenvalue weighted by molar-refractivity contribution is -0.129. The van der Waals surface area contributed by atoms with Crippen molar-refractivity contribution in [2.24, 2.45) is 0 Å². The van der Waals surface area contributed by atoms with E-state index >= 15 is 0 Å². The van der Waals surface area contributed by atoms with Gasteiger partial charge in [-0.1, -0.05) is 56.7 Å². The largest absolute Gasteiger partial charge is 0.361 e. The highest BCUT2D eigenvalue weighted by molar-refractivity contribution is 5.98. The minimum Gasteiger partial charge on any atom is -0.361 e. The van der Waals surface area contributed by atoms with Gasteiger partial charge >= 0.3 is 6.03 Å². The summed E-state index contributed by atoms with van der Waals surface area (Å²) in [6, 6.07) is 8.08. The summed E-state index contributed by atoms with van der Waals surface area (Å²) in [5.74, 6) is -0.0787. The molecule has 3 amide bonds. The number of hydrogen-bond donors (Lipinski definition) is 2. The molecule has 0 saturated heterocycles. The number of para-hydroxylation sites is 1. The first kappa shape index (κ1) is 19.0. The van der Waals surface area contributed by atoms with E-state index in [4.69, 9.17) is 0 Å². The van der Waals surface area contributed by atoms with Crippen molar-refractivity contribution in [2.45, 2.75) is 82.7 Å². The molecule has 0 spiro atoms. The number of H-pyrrole nitrogens is 1. The van der Waals surface area contributed by atoms with Gasteiger partial charge in [0.15, 0.2) is 0 Å². The van der Waals surface area contributed by atoms with Gasteiger partial charge in [0.05, 0.1) is 6.42 Å². The van der Waals surface area contributed by atoms with E-state index < -0.39 is 0 Å². The van der Waals surface area contributed by atoms with Crippen molar-refractivity contribution in [1.82, 2.24) is 15.2 Å². The van der Waals surface area contributed by atoms with Crippen molar-refractivity contribution in [3.05, 3.63) is 36.0 Å². The lowest BCUT2D eigenvalue weighted by atomic mass is 9.93. The lowest BCUT2D eigenvalue weighted by Crippen LogP contribution is -2.53. The highest BCUT2D eigenvalue weighted by atomic mass is 16.2. The van der Waals surface area contributed by atoms with E-state index in [1.807, 2.05) is 30.5 Å². The number of aromatic amines is 1. The Kier molecular flexibility index (Phi) is 5.98. The Balaban J connectivity index is 1.51. The summed E-state index contributed by atoms with van der Waals surface area (Å²) in [5.41, 5.74) is 1.99. The molecule has 0 aliphatic heterocycles. The van der Waals surface area contributed by atoms with Crippen molar-refractivity contribution >= 4 is 22.8 Å². The summed E-state index contributed by atoms with van der Waals surface area (Å²) in [4.78, 5) is 31.2. The zero-order valence-corrected chi connectivity index (χ0v) is 16.6. The fourth-order valence-corrected chi connectivity index (χ4v) is 4.84. The number of aromatic nitrogens is 1. The third kappa shape index (κ3) is 4.23. The predicted molar refractivity (Wildman–Crippen MR) is 111 cm³/mol. The van der Waals surface area contributed by atoms with Crippen LogP contribution in [0.15, 0.2) is 30.5 Å². The third-order valence-electron chi connectivity index (χ3n) is 6.38. The molecule has 2 saturated carbocycles. The number of hydrogen-bond acceptors (Lipinski definition) is 2. The normalized spacial score (nSPS) is 18.9. The Morgan fingerprint density at radius 3 is 2.39 bits per heavy atom. The Morgan fingerprint density at radius 1 is 0.964 bits per heavy atom. The molecule has 2 aliphatic carbocycles. The topological polar surface area (TPSA) is 65.2 Å². The van der Waals surface area contributed by atoms with Crippen LogP contribution in [-0.2, 0) is 11.2 Å². The minimum absolute atomic E-state index is 0.0371. The zero-order valence-electron chi connectivity index (χ0n) is 16.6. The number of carbonyl (C=O) groups is 2. The van der Waals surface area contributed by atoms with Crippen LogP contribution in [0.3, 0.4) is 0 Å². The molecule has 0 radical (unpaired) electrons. The summed E-state index contributed by atoms with van der Waals surface area (Å²) in [6.07, 6.45) is 13.0. The summed E-state index contributed by atoms with van der Waals surface area (Å²) in [6.45, 7) is 0. The van der Waals surface area contributed by atoms with Gasteiger partial charge in [0.25, 0.3) is 0 Å². The SMILES string of the molecule is O=C(Cc1c[nH]c2ccccc12)N(C(=O)NC1CCCCC1)C1CCCCC1. The standard InChI is InChI=1S/C23H31N3O2/c27-22(15-17-16-24-21-14-8-7-13-20(17)21)26(19-11-5-2-6-12-19)23(28)25-18-9-3-1-4-10-18/h7-8,13-14,16,18-19,24H,1-6,9-12,15H2,(H,25,28). The van der Waals surface area contributed by atoms with Gasteiger partial charge in [-0.3, -0.25) is 9.69 Å². The molecule has 2 aliphatic rings. The molecular weight excluding hydrogens is 350 g/mol. The number of nitrogens with zero attached hydrogens (tertiary/aromatic N) is 1. The highest BCUT2D eigenvalue weighted by Gasteiger charge is 2.32. The smallest absolute Gasteiger partial charge is 0.324 e. The number of urea groups is 1. The Hall–Kier alpha value is -2.30. The minimum atomic E-state index is -0.177. The van der Waals surface area contributed by atoms with Gasteiger partial charge in [0.1, 0.15) is 0 Å². The van der Waals surface area contributed by atoms with Crippen LogP contribution in [0.4, 0.5) is 4.79 Å². The number of benzene rings is 1. The first-order valence-corrected chi connectivity index (χ1v) is 10.9. The average Bonchev–Trinajstić information content (AvgIpc) is 3.13. The third-order valence-corrected chi connectivity index (χ3v) is 6.38. The zero-order chi connectivity index (χ0) is 19.3. The summed E-state index contributed by atoms with van der Waals surface area (Å²) in [7, 11) is 0. The van der Waals surface area contributed by atoms with Crippen LogP contribution in [0.5, 0.6) is 0 Å². The van der Waals surface area contributed by atoms with Crippen LogP contribution in [0, 0.1) is 0 Å². The number of amides is 3. The van der Waals surface area contributed by atoms with Crippen molar-refractivity contribution in [2.75, 3.05) is 0 Å². The van der Waals surface area contributed by atoms with Crippen molar-refractivity contribution in [1.29, 1.82) is 0 Å². The fraction of sp³-hybridized carbons (Fsp3) is 0.565. The fourth-order valence-electron chi connectivity index (χ4n) is 4.84. The molecule has 4 rings (SSSR count). The van der Waals surface area contributed by atoms with Crippen LogP contribution < -0.4 is 5.32 Å². The van der Waals surface area contributed by atoms with Crippen molar-refractivity contribution < 1.29 is 9.59 Å². The van der Waals surface area contributed by atoms with E-state index in [9.17, 15) is 9.59 Å². The number of fused-ring (bicyclic) bond motifs is 1. The van der Waals surface area contributed by atoms with E-state index in [2.05, 4.69) is 10.3 Å². The van der Waals surface area contributed by atoms with Gasteiger partial charge in [0.2, 0.25) is 5.91 Å². The van der Waals surface area contributed by atoms with Gasteiger partial charge in [-0.2, -0.15) is 0 Å². The molecule has 2 aromatic rings. The van der Waals surface area contributed by atoms with E-state index in [0.717, 1.165) is 67.8 Å². The summed E-state index contributed by atoms with van der Waals surface area (Å²) < 4.78 is 0. The van der Waals surface area contributed by atoms with Crippen LogP contribution in [0.2, 0.25) is 0 Å². The maximum atomic E-state index is 13.3. The first-order valence-electron chi connectivity index (χ1n) is 10.9. The monoisotopic (exact) mass is 381 g/mol. The molecule has 2 fully saturated rings. The first-order chi connectivity index (χ1) is 13.7. The van der Waals surface area contributed by atoms with Crippen molar-refractivity contribution in [3.8, 4) is 0 Å². The number of carbonyl (C=O) groups excluding carboxylic acids is 2. The predicted octanol–water partition coefficient (Wildman–Crippen LogP) is 4.91. The number of imide groups is 1. The summed E-state index contributed by atoms with van der Waals surface area (Å²) >= 11 is 0. The molecule has 28 heavy (non-hydrogen) atoms. The van der Waals surface area contributed by atoms with E-state index in [1.54, 1.807) is 4.90 Å².